The summed E-state index contributed by atoms with van der Waals surface area (Å²) in [6.45, 7) is 2.82. The quantitative estimate of drug-likeness (QED) is 0.758. The average molecular weight is 277 g/mol. The number of nitrogens with zero attached hydrogens (tertiary/aromatic N) is 2. The van der Waals surface area contributed by atoms with Crippen LogP contribution in [0.2, 0.25) is 0 Å². The minimum atomic E-state index is -4.17. The van der Waals surface area contributed by atoms with Crippen molar-refractivity contribution in [3.05, 3.63) is 0 Å². The first-order valence-corrected chi connectivity index (χ1v) is 6.84. The van der Waals surface area contributed by atoms with Crippen molar-refractivity contribution in [3.63, 3.8) is 0 Å². The molecule has 1 heterocycles. The lowest BCUT2D eigenvalue weighted by molar-refractivity contribution is -0.127. The molecule has 0 radical (unpaired) electrons. The van der Waals surface area contributed by atoms with Gasteiger partial charge in [0.2, 0.25) is 0 Å². The Morgan fingerprint density at radius 1 is 1.37 bits per heavy atom. The van der Waals surface area contributed by atoms with Gasteiger partial charge in [0.05, 0.1) is 19.2 Å². The molecule has 1 aliphatic rings. The lowest BCUT2D eigenvalue weighted by atomic mass is 9.90. The largest absolute Gasteiger partial charge is 0.401 e. The van der Waals surface area contributed by atoms with E-state index in [0.29, 0.717) is 19.0 Å². The van der Waals surface area contributed by atoms with Crippen LogP contribution in [0.15, 0.2) is 0 Å². The third-order valence-corrected chi connectivity index (χ3v) is 3.46. The Labute approximate surface area is 112 Å². The summed E-state index contributed by atoms with van der Waals surface area (Å²) in [7, 11) is 0. The van der Waals surface area contributed by atoms with Gasteiger partial charge in [0.25, 0.3) is 0 Å². The van der Waals surface area contributed by atoms with E-state index in [-0.39, 0.29) is 6.04 Å². The number of nitrogens with one attached hydrogen (secondary N) is 1. The van der Waals surface area contributed by atoms with Crippen LogP contribution in [0.25, 0.3) is 0 Å². The number of halogens is 3. The zero-order chi connectivity index (χ0) is 14.3. The minimum absolute atomic E-state index is 0.161. The summed E-state index contributed by atoms with van der Waals surface area (Å²) in [5.74, 6) is 0.396. The Morgan fingerprint density at radius 3 is 2.68 bits per heavy atom. The van der Waals surface area contributed by atoms with Crippen LogP contribution in [-0.4, -0.2) is 43.3 Å². The van der Waals surface area contributed by atoms with E-state index in [1.807, 2.05) is 4.90 Å². The van der Waals surface area contributed by atoms with Gasteiger partial charge in [-0.15, -0.1) is 0 Å². The van der Waals surface area contributed by atoms with Crippen molar-refractivity contribution in [1.82, 2.24) is 10.2 Å². The van der Waals surface area contributed by atoms with Crippen molar-refractivity contribution in [1.29, 1.82) is 5.26 Å². The standard InChI is InChI=1S/C13H22F3N3/c1-2-3-4-11-7-12(18-10-13(14,15)16)9-19(8-11)6-5-17/h11-12,18H,2-4,6-10H2,1H3. The molecule has 0 aromatic carbocycles. The molecule has 1 rings (SSSR count). The number of nitriles is 1. The second-order valence-electron chi connectivity index (χ2n) is 5.29. The zero-order valence-electron chi connectivity index (χ0n) is 11.3. The fourth-order valence-corrected chi connectivity index (χ4v) is 2.64. The first-order valence-electron chi connectivity index (χ1n) is 6.84. The highest BCUT2D eigenvalue weighted by atomic mass is 19.4. The third-order valence-electron chi connectivity index (χ3n) is 3.46. The van der Waals surface area contributed by atoms with Crippen LogP contribution < -0.4 is 5.32 Å². The smallest absolute Gasteiger partial charge is 0.305 e. The lowest BCUT2D eigenvalue weighted by Gasteiger charge is -2.37. The Bertz CT molecular complexity index is 298. The summed E-state index contributed by atoms with van der Waals surface area (Å²) in [5, 5.41) is 11.3. The van der Waals surface area contributed by atoms with E-state index in [9.17, 15) is 13.2 Å². The number of hydrogen-bond donors (Lipinski definition) is 1. The number of unbranched alkanes of at least 4 members (excludes halogenated alkanes) is 1. The fourth-order valence-electron chi connectivity index (χ4n) is 2.64. The van der Waals surface area contributed by atoms with Crippen LogP contribution in [0.1, 0.15) is 32.6 Å². The maximum absolute atomic E-state index is 12.2. The van der Waals surface area contributed by atoms with Crippen LogP contribution in [0.3, 0.4) is 0 Å². The zero-order valence-corrected chi connectivity index (χ0v) is 11.3. The van der Waals surface area contributed by atoms with E-state index >= 15 is 0 Å². The molecule has 110 valence electrons. The molecule has 6 heteroatoms. The molecule has 2 atom stereocenters. The lowest BCUT2D eigenvalue weighted by Crippen LogP contribution is -2.51. The highest BCUT2D eigenvalue weighted by molar-refractivity contribution is 4.88. The highest BCUT2D eigenvalue weighted by Crippen LogP contribution is 2.23. The summed E-state index contributed by atoms with van der Waals surface area (Å²) in [6.07, 6.45) is -0.177. The van der Waals surface area contributed by atoms with E-state index in [4.69, 9.17) is 5.26 Å². The van der Waals surface area contributed by atoms with Gasteiger partial charge in [-0.3, -0.25) is 4.90 Å². The predicted molar refractivity (Wildman–Crippen MR) is 67.5 cm³/mol. The van der Waals surface area contributed by atoms with E-state index in [1.165, 1.54) is 0 Å². The van der Waals surface area contributed by atoms with Gasteiger partial charge in [0.15, 0.2) is 0 Å². The molecule has 19 heavy (non-hydrogen) atoms. The van der Waals surface area contributed by atoms with Crippen molar-refractivity contribution in [2.45, 2.75) is 44.8 Å². The van der Waals surface area contributed by atoms with Crippen LogP contribution in [0.4, 0.5) is 13.2 Å². The predicted octanol–water partition coefficient (Wildman–Crippen LogP) is 2.54. The van der Waals surface area contributed by atoms with Crippen molar-refractivity contribution < 1.29 is 13.2 Å². The third kappa shape index (κ3) is 6.79. The molecule has 1 N–H and O–H groups in total. The second kappa shape index (κ2) is 7.71. The Morgan fingerprint density at radius 2 is 2.11 bits per heavy atom. The van der Waals surface area contributed by atoms with Gasteiger partial charge < -0.3 is 5.32 Å². The van der Waals surface area contributed by atoms with Gasteiger partial charge >= 0.3 is 6.18 Å². The van der Waals surface area contributed by atoms with Gasteiger partial charge in [-0.05, 0) is 18.8 Å². The maximum Gasteiger partial charge on any atom is 0.401 e. The Balaban J connectivity index is 2.47. The summed E-state index contributed by atoms with van der Waals surface area (Å²) in [5.41, 5.74) is 0. The molecule has 3 nitrogen and oxygen atoms in total. The highest BCUT2D eigenvalue weighted by Gasteiger charge is 2.31. The molecule has 1 aliphatic heterocycles. The molecule has 2 unspecified atom stereocenters. The summed E-state index contributed by atoms with van der Waals surface area (Å²) in [4.78, 5) is 1.96. The van der Waals surface area contributed by atoms with E-state index < -0.39 is 12.7 Å². The van der Waals surface area contributed by atoms with Crippen molar-refractivity contribution in [2.75, 3.05) is 26.2 Å². The van der Waals surface area contributed by atoms with Crippen molar-refractivity contribution in [3.8, 4) is 6.07 Å². The van der Waals surface area contributed by atoms with E-state index in [1.54, 1.807) is 0 Å². The van der Waals surface area contributed by atoms with E-state index in [0.717, 1.165) is 32.2 Å². The number of rotatable bonds is 6. The summed E-state index contributed by atoms with van der Waals surface area (Å²) < 4.78 is 36.7. The molecule has 0 amide bonds. The number of hydrogen-bond acceptors (Lipinski definition) is 3. The van der Waals surface area contributed by atoms with Crippen LogP contribution in [0, 0.1) is 17.2 Å². The molecule has 0 aromatic rings. The van der Waals surface area contributed by atoms with Gasteiger partial charge in [-0.25, -0.2) is 0 Å². The van der Waals surface area contributed by atoms with Gasteiger partial charge in [0, 0.05) is 19.1 Å². The first-order chi connectivity index (χ1) is 8.94. The molecule has 0 spiro atoms. The van der Waals surface area contributed by atoms with E-state index in [2.05, 4.69) is 18.3 Å². The van der Waals surface area contributed by atoms with Crippen molar-refractivity contribution in [2.24, 2.45) is 5.92 Å². The number of piperidine rings is 1. The van der Waals surface area contributed by atoms with Crippen molar-refractivity contribution >= 4 is 0 Å². The average Bonchev–Trinajstić information content (AvgIpc) is 2.33. The van der Waals surface area contributed by atoms with Crippen LogP contribution in [0.5, 0.6) is 0 Å². The fraction of sp³-hybridized carbons (Fsp3) is 0.923. The normalized spacial score (nSPS) is 25.2. The molecule has 0 saturated carbocycles. The topological polar surface area (TPSA) is 39.1 Å². The van der Waals surface area contributed by atoms with Crippen LogP contribution in [-0.2, 0) is 0 Å². The Kier molecular flexibility index (Phi) is 6.59. The van der Waals surface area contributed by atoms with Gasteiger partial charge in [0.1, 0.15) is 0 Å². The first kappa shape index (κ1) is 16.3. The number of alkyl halides is 3. The molecule has 0 aliphatic carbocycles. The summed E-state index contributed by atoms with van der Waals surface area (Å²) >= 11 is 0. The SMILES string of the molecule is CCCCC1CC(NCC(F)(F)F)CN(CC#N)C1. The molecule has 1 saturated heterocycles. The second-order valence-corrected chi connectivity index (χ2v) is 5.29. The monoisotopic (exact) mass is 277 g/mol. The van der Waals surface area contributed by atoms with Gasteiger partial charge in [-0.2, -0.15) is 18.4 Å². The van der Waals surface area contributed by atoms with Crippen LogP contribution >= 0.6 is 0 Å². The number of likely N-dealkylation sites (tertiary alicyclic amines) is 1. The molecular formula is C13H22F3N3. The molecule has 1 fully saturated rings. The molecular weight excluding hydrogens is 255 g/mol. The molecule has 0 aromatic heterocycles. The minimum Gasteiger partial charge on any atom is -0.305 e. The molecule has 0 bridgehead atoms. The maximum atomic E-state index is 12.2. The summed E-state index contributed by atoms with van der Waals surface area (Å²) in [6, 6.07) is 1.92. The Hall–Kier alpha value is -0.800. The van der Waals surface area contributed by atoms with Gasteiger partial charge in [-0.1, -0.05) is 19.8 Å².